The molecule has 1 amide bonds. The van der Waals surface area contributed by atoms with Crippen molar-refractivity contribution in [1.29, 1.82) is 0 Å². The van der Waals surface area contributed by atoms with Crippen molar-refractivity contribution < 1.29 is 23.8 Å². The Balaban J connectivity index is 1.67. The summed E-state index contributed by atoms with van der Waals surface area (Å²) in [5, 5.41) is 11.7. The summed E-state index contributed by atoms with van der Waals surface area (Å²) in [5.41, 5.74) is 1.09. The van der Waals surface area contributed by atoms with E-state index >= 15 is 0 Å². The van der Waals surface area contributed by atoms with Crippen molar-refractivity contribution in [1.82, 2.24) is 10.3 Å². The van der Waals surface area contributed by atoms with Crippen LogP contribution in [0.1, 0.15) is 51.1 Å². The number of carboxylic acid groups (broad SMARTS) is 1. The molecule has 7 nitrogen and oxygen atoms in total. The number of aromatic carboxylic acids is 1. The number of benzene rings is 1. The van der Waals surface area contributed by atoms with Crippen LogP contribution in [0.25, 0.3) is 0 Å². The van der Waals surface area contributed by atoms with E-state index in [2.05, 4.69) is 10.3 Å². The number of nitrogens with one attached hydrogen (secondary N) is 1. The van der Waals surface area contributed by atoms with Gasteiger partial charge >= 0.3 is 5.97 Å². The van der Waals surface area contributed by atoms with Crippen LogP contribution >= 0.6 is 0 Å². The number of carbonyl (C=O) groups is 2. The van der Waals surface area contributed by atoms with Crippen LogP contribution in [0.2, 0.25) is 0 Å². The molecular weight excluding hydrogens is 300 g/mol. The quantitative estimate of drug-likeness (QED) is 0.876. The molecule has 1 atom stereocenters. The summed E-state index contributed by atoms with van der Waals surface area (Å²) >= 11 is 0. The zero-order chi connectivity index (χ0) is 16.2. The van der Waals surface area contributed by atoms with Crippen LogP contribution in [-0.4, -0.2) is 28.6 Å². The molecule has 120 valence electrons. The summed E-state index contributed by atoms with van der Waals surface area (Å²) < 4.78 is 10.8. The van der Waals surface area contributed by atoms with Gasteiger partial charge in [0.2, 0.25) is 0 Å². The van der Waals surface area contributed by atoms with Gasteiger partial charge in [-0.05, 0) is 30.5 Å². The molecule has 7 heteroatoms. The fraction of sp³-hybridized carbons (Fsp3) is 0.312. The summed E-state index contributed by atoms with van der Waals surface area (Å²) in [7, 11) is 0. The Morgan fingerprint density at radius 3 is 3.00 bits per heavy atom. The Kier molecular flexibility index (Phi) is 4.38. The number of oxazole rings is 1. The summed E-state index contributed by atoms with van der Waals surface area (Å²) in [4.78, 5) is 27.2. The van der Waals surface area contributed by atoms with Gasteiger partial charge in [-0.2, -0.15) is 0 Å². The number of rotatable bonds is 5. The molecule has 0 saturated carbocycles. The van der Waals surface area contributed by atoms with Crippen LogP contribution in [0, 0.1) is 0 Å². The van der Waals surface area contributed by atoms with Crippen LogP contribution in [0.15, 0.2) is 35.1 Å². The Morgan fingerprint density at radius 2 is 2.26 bits per heavy atom. The Bertz CT molecular complexity index is 719. The second-order valence-corrected chi connectivity index (χ2v) is 5.26. The Hall–Kier alpha value is -2.67. The van der Waals surface area contributed by atoms with Crippen LogP contribution in [-0.2, 0) is 11.3 Å². The average Bonchev–Trinajstić information content (AvgIpc) is 3.23. The maximum Gasteiger partial charge on any atom is 0.335 e. The first-order valence-electron chi connectivity index (χ1n) is 7.30. The van der Waals surface area contributed by atoms with Crippen LogP contribution in [0.5, 0.6) is 0 Å². The molecule has 2 N–H and O–H groups in total. The topological polar surface area (TPSA) is 102 Å². The maximum atomic E-state index is 12.3. The molecule has 0 spiro atoms. The smallest absolute Gasteiger partial charge is 0.335 e. The van der Waals surface area contributed by atoms with Crippen molar-refractivity contribution in [2.75, 3.05) is 6.61 Å². The average molecular weight is 316 g/mol. The zero-order valence-electron chi connectivity index (χ0n) is 12.3. The van der Waals surface area contributed by atoms with Gasteiger partial charge in [0.1, 0.15) is 6.10 Å². The molecular formula is C16H16N2O5. The predicted octanol–water partition coefficient (Wildman–Crippen LogP) is 2.15. The maximum absolute atomic E-state index is 12.3. The molecule has 0 aliphatic carbocycles. The number of amides is 1. The van der Waals surface area contributed by atoms with Gasteiger partial charge in [-0.3, -0.25) is 4.79 Å². The largest absolute Gasteiger partial charge is 0.478 e. The summed E-state index contributed by atoms with van der Waals surface area (Å²) in [6.45, 7) is 0.853. The highest BCUT2D eigenvalue weighted by molar-refractivity contribution is 5.93. The number of carboxylic acids is 1. The van der Waals surface area contributed by atoms with Gasteiger partial charge in [-0.1, -0.05) is 12.1 Å². The first-order chi connectivity index (χ1) is 11.1. The third kappa shape index (κ3) is 3.40. The molecule has 0 radical (unpaired) electrons. The lowest BCUT2D eigenvalue weighted by Crippen LogP contribution is -2.24. The molecule has 1 fully saturated rings. The van der Waals surface area contributed by atoms with E-state index in [4.69, 9.17) is 14.3 Å². The number of carbonyl (C=O) groups excluding carboxylic acids is 1. The first kappa shape index (κ1) is 15.2. The fourth-order valence-corrected chi connectivity index (χ4v) is 2.52. The molecule has 1 aromatic carbocycles. The Labute approximate surface area is 132 Å². The van der Waals surface area contributed by atoms with Gasteiger partial charge in [0.25, 0.3) is 5.91 Å². The van der Waals surface area contributed by atoms with Crippen molar-refractivity contribution in [2.45, 2.75) is 25.5 Å². The van der Waals surface area contributed by atoms with Crippen molar-refractivity contribution in [3.63, 3.8) is 0 Å². The minimum atomic E-state index is -1.00. The highest BCUT2D eigenvalue weighted by atomic mass is 16.5. The monoisotopic (exact) mass is 316 g/mol. The molecule has 1 aliphatic rings. The molecule has 3 rings (SSSR count). The van der Waals surface area contributed by atoms with Crippen molar-refractivity contribution >= 4 is 11.9 Å². The number of aromatic nitrogens is 1. The number of nitrogens with zero attached hydrogens (tertiary/aromatic N) is 1. The van der Waals surface area contributed by atoms with E-state index in [0.29, 0.717) is 17.9 Å². The standard InChI is InChI=1S/C16H16N2O5/c19-15(13-14(23-9-18-13)12-5-2-6-22-12)17-8-10-3-1-4-11(7-10)16(20)21/h1,3-4,7,9,12H,2,5-6,8H2,(H,17,19)(H,20,21)/t12-/m0/s1. The van der Waals surface area contributed by atoms with Crippen LogP contribution in [0.4, 0.5) is 0 Å². The van der Waals surface area contributed by atoms with E-state index in [0.717, 1.165) is 12.8 Å². The summed E-state index contributed by atoms with van der Waals surface area (Å²) in [5.74, 6) is -0.931. The zero-order valence-corrected chi connectivity index (χ0v) is 12.3. The van der Waals surface area contributed by atoms with Crippen molar-refractivity contribution in [2.24, 2.45) is 0 Å². The highest BCUT2D eigenvalue weighted by Gasteiger charge is 2.27. The molecule has 1 aromatic heterocycles. The SMILES string of the molecule is O=C(O)c1cccc(CNC(=O)c2ncoc2[C@@H]2CCCO2)c1. The van der Waals surface area contributed by atoms with Gasteiger partial charge in [0.05, 0.1) is 5.56 Å². The Morgan fingerprint density at radius 1 is 1.39 bits per heavy atom. The molecule has 2 aromatic rings. The molecule has 1 saturated heterocycles. The minimum absolute atomic E-state index is 0.179. The predicted molar refractivity (Wildman–Crippen MR) is 79.0 cm³/mol. The van der Waals surface area contributed by atoms with E-state index in [-0.39, 0.29) is 29.8 Å². The summed E-state index contributed by atoms with van der Waals surface area (Å²) in [6, 6.07) is 6.41. The number of hydrogen-bond acceptors (Lipinski definition) is 5. The van der Waals surface area contributed by atoms with Crippen molar-refractivity contribution in [3.8, 4) is 0 Å². The highest BCUT2D eigenvalue weighted by Crippen LogP contribution is 2.30. The molecule has 2 heterocycles. The van der Waals surface area contributed by atoms with Crippen molar-refractivity contribution in [3.05, 3.63) is 53.2 Å². The normalized spacial score (nSPS) is 17.1. The van der Waals surface area contributed by atoms with Gasteiger partial charge < -0.3 is 19.6 Å². The van der Waals surface area contributed by atoms with Crippen LogP contribution in [0.3, 0.4) is 0 Å². The molecule has 0 unspecified atom stereocenters. The number of ether oxygens (including phenoxy) is 1. The molecule has 23 heavy (non-hydrogen) atoms. The van der Waals surface area contributed by atoms with E-state index in [1.807, 2.05) is 0 Å². The van der Waals surface area contributed by atoms with E-state index < -0.39 is 5.97 Å². The second kappa shape index (κ2) is 6.62. The molecule has 0 bridgehead atoms. The van der Waals surface area contributed by atoms with Crippen LogP contribution < -0.4 is 5.32 Å². The third-order valence-corrected chi connectivity index (χ3v) is 3.66. The van der Waals surface area contributed by atoms with E-state index in [9.17, 15) is 9.59 Å². The fourth-order valence-electron chi connectivity index (χ4n) is 2.52. The van der Waals surface area contributed by atoms with E-state index in [1.54, 1.807) is 12.1 Å². The number of hydrogen-bond donors (Lipinski definition) is 2. The third-order valence-electron chi connectivity index (χ3n) is 3.66. The van der Waals surface area contributed by atoms with E-state index in [1.165, 1.54) is 18.5 Å². The summed E-state index contributed by atoms with van der Waals surface area (Å²) in [6.07, 6.45) is 2.73. The van der Waals surface area contributed by atoms with Gasteiger partial charge in [-0.25, -0.2) is 9.78 Å². The van der Waals surface area contributed by atoms with Gasteiger partial charge in [-0.15, -0.1) is 0 Å². The lowest BCUT2D eigenvalue weighted by Gasteiger charge is -2.08. The van der Waals surface area contributed by atoms with Gasteiger partial charge in [0.15, 0.2) is 17.8 Å². The molecule has 1 aliphatic heterocycles. The lowest BCUT2D eigenvalue weighted by molar-refractivity contribution is 0.0696. The first-order valence-corrected chi connectivity index (χ1v) is 7.30. The van der Waals surface area contributed by atoms with Gasteiger partial charge in [0, 0.05) is 13.2 Å². The second-order valence-electron chi connectivity index (χ2n) is 5.26. The lowest BCUT2D eigenvalue weighted by atomic mass is 10.1. The minimum Gasteiger partial charge on any atom is -0.478 e.